The molecule has 2 N–H and O–H groups in total. The van der Waals surface area contributed by atoms with Gasteiger partial charge in [-0.1, -0.05) is 29.8 Å². The van der Waals surface area contributed by atoms with Crippen LogP contribution in [0.2, 0.25) is 0 Å². The Morgan fingerprint density at radius 1 is 0.929 bits per heavy atom. The van der Waals surface area contributed by atoms with Crippen LogP contribution in [-0.4, -0.2) is 22.1 Å². The van der Waals surface area contributed by atoms with Gasteiger partial charge in [-0.25, -0.2) is 5.43 Å². The van der Waals surface area contributed by atoms with Gasteiger partial charge in [-0.05, 0) is 62.2 Å². The minimum absolute atomic E-state index is 0.603. The van der Waals surface area contributed by atoms with E-state index in [1.54, 1.807) is 13.0 Å². The van der Waals surface area contributed by atoms with E-state index in [-0.39, 0.29) is 0 Å². The molecule has 1 heterocycles. The molecule has 0 spiro atoms. The van der Waals surface area contributed by atoms with Gasteiger partial charge >= 0.3 is 11.8 Å². The summed E-state index contributed by atoms with van der Waals surface area (Å²) in [6, 6.07) is 17.3. The highest BCUT2D eigenvalue weighted by Gasteiger charge is 2.14. The predicted molar refractivity (Wildman–Crippen MR) is 111 cm³/mol. The number of hydrazone groups is 1. The average Bonchev–Trinajstić information content (AvgIpc) is 3.23. The zero-order chi connectivity index (χ0) is 20.1. The van der Waals surface area contributed by atoms with Gasteiger partial charge in [0.2, 0.25) is 0 Å². The maximum atomic E-state index is 12.1. The maximum absolute atomic E-state index is 12.1. The highest BCUT2D eigenvalue weighted by Crippen LogP contribution is 2.15. The molecular weight excluding hydrogens is 352 g/mol. The molecule has 0 aliphatic carbocycles. The molecular formula is C22H22N4O2. The van der Waals surface area contributed by atoms with E-state index >= 15 is 0 Å². The molecule has 6 nitrogen and oxygen atoms in total. The largest absolute Gasteiger partial charge is 0.329 e. The van der Waals surface area contributed by atoms with Crippen LogP contribution in [0, 0.1) is 13.8 Å². The van der Waals surface area contributed by atoms with Gasteiger partial charge in [0.05, 0.1) is 5.71 Å². The summed E-state index contributed by atoms with van der Waals surface area (Å²) in [4.78, 5) is 24.1. The lowest BCUT2D eigenvalue weighted by Gasteiger charge is -2.08. The molecule has 0 bridgehead atoms. The Morgan fingerprint density at radius 2 is 1.61 bits per heavy atom. The Morgan fingerprint density at radius 3 is 2.25 bits per heavy atom. The number of nitrogens with one attached hydrogen (secondary N) is 2. The van der Waals surface area contributed by atoms with E-state index in [9.17, 15) is 9.59 Å². The van der Waals surface area contributed by atoms with E-state index in [1.807, 2.05) is 79.3 Å². The third-order valence-corrected chi connectivity index (χ3v) is 4.35. The SMILES string of the molecule is CC(=NNC(=O)C(=O)Nc1ccc(C)cc1C)c1ccc(-n2cccc2)cc1. The highest BCUT2D eigenvalue weighted by atomic mass is 16.2. The van der Waals surface area contributed by atoms with Crippen LogP contribution in [-0.2, 0) is 9.59 Å². The molecule has 2 amide bonds. The lowest BCUT2D eigenvalue weighted by molar-refractivity contribution is -0.136. The number of benzene rings is 2. The molecule has 0 saturated carbocycles. The zero-order valence-electron chi connectivity index (χ0n) is 16.1. The smallest absolute Gasteiger partial charge is 0.324 e. The summed E-state index contributed by atoms with van der Waals surface area (Å²) in [7, 11) is 0. The first-order valence-corrected chi connectivity index (χ1v) is 8.90. The fourth-order valence-corrected chi connectivity index (χ4v) is 2.76. The molecule has 28 heavy (non-hydrogen) atoms. The first-order chi connectivity index (χ1) is 13.4. The second-order valence-electron chi connectivity index (χ2n) is 6.55. The van der Waals surface area contributed by atoms with Crippen molar-refractivity contribution in [3.05, 3.63) is 83.7 Å². The number of carbonyl (C=O) groups is 2. The maximum Gasteiger partial charge on any atom is 0.329 e. The summed E-state index contributed by atoms with van der Waals surface area (Å²) in [5, 5.41) is 6.64. The normalized spacial score (nSPS) is 11.2. The molecule has 0 atom stereocenters. The number of aryl methyl sites for hydroxylation is 2. The first kappa shape index (κ1) is 19.1. The van der Waals surface area contributed by atoms with E-state index in [2.05, 4.69) is 15.8 Å². The van der Waals surface area contributed by atoms with Crippen LogP contribution in [0.4, 0.5) is 5.69 Å². The molecule has 0 unspecified atom stereocenters. The number of hydrogen-bond acceptors (Lipinski definition) is 3. The molecule has 3 rings (SSSR count). The van der Waals surface area contributed by atoms with Crippen molar-refractivity contribution in [2.45, 2.75) is 20.8 Å². The molecule has 0 aliphatic rings. The number of aromatic nitrogens is 1. The molecule has 1 aromatic heterocycles. The second-order valence-corrected chi connectivity index (χ2v) is 6.55. The van der Waals surface area contributed by atoms with Crippen molar-refractivity contribution in [3.63, 3.8) is 0 Å². The van der Waals surface area contributed by atoms with Gasteiger partial charge in [0, 0.05) is 23.8 Å². The number of rotatable bonds is 4. The highest BCUT2D eigenvalue weighted by molar-refractivity contribution is 6.39. The number of amides is 2. The topological polar surface area (TPSA) is 75.5 Å². The lowest BCUT2D eigenvalue weighted by Crippen LogP contribution is -2.33. The number of nitrogens with zero attached hydrogens (tertiary/aromatic N) is 2. The van der Waals surface area contributed by atoms with Crippen LogP contribution in [0.5, 0.6) is 0 Å². The fourth-order valence-electron chi connectivity index (χ4n) is 2.76. The number of anilines is 1. The lowest BCUT2D eigenvalue weighted by atomic mass is 10.1. The van der Waals surface area contributed by atoms with Gasteiger partial charge in [-0.15, -0.1) is 0 Å². The minimum atomic E-state index is -0.816. The second kappa shape index (κ2) is 8.35. The molecule has 2 aromatic carbocycles. The monoisotopic (exact) mass is 374 g/mol. The Bertz CT molecular complexity index is 1020. The summed E-state index contributed by atoms with van der Waals surface area (Å²) in [5.41, 5.74) is 7.37. The molecule has 3 aromatic rings. The van der Waals surface area contributed by atoms with Crippen molar-refractivity contribution in [2.24, 2.45) is 5.10 Å². The molecule has 0 aliphatic heterocycles. The van der Waals surface area contributed by atoms with Crippen molar-refractivity contribution in [2.75, 3.05) is 5.32 Å². The average molecular weight is 374 g/mol. The Labute approximate surface area is 163 Å². The van der Waals surface area contributed by atoms with Gasteiger partial charge in [0.25, 0.3) is 0 Å². The third-order valence-electron chi connectivity index (χ3n) is 4.35. The van der Waals surface area contributed by atoms with E-state index in [0.717, 1.165) is 22.4 Å². The summed E-state index contributed by atoms with van der Waals surface area (Å²) < 4.78 is 2.00. The molecule has 0 radical (unpaired) electrons. The van der Waals surface area contributed by atoms with Gasteiger partial charge < -0.3 is 9.88 Å². The standard InChI is InChI=1S/C22H22N4O2/c1-15-6-11-20(16(2)14-15)23-21(27)22(28)25-24-17(3)18-7-9-19(10-8-18)26-12-4-5-13-26/h4-14H,1-3H3,(H,23,27)(H,25,28). The van der Waals surface area contributed by atoms with Crippen molar-refractivity contribution in [3.8, 4) is 5.69 Å². The number of hydrogen-bond donors (Lipinski definition) is 2. The Kier molecular flexibility index (Phi) is 5.69. The van der Waals surface area contributed by atoms with Crippen LogP contribution in [0.25, 0.3) is 5.69 Å². The summed E-state index contributed by atoms with van der Waals surface area (Å²) in [6.07, 6.45) is 3.93. The fraction of sp³-hybridized carbons (Fsp3) is 0.136. The predicted octanol–water partition coefficient (Wildman–Crippen LogP) is 3.57. The van der Waals surface area contributed by atoms with Crippen molar-refractivity contribution >= 4 is 23.2 Å². The molecule has 0 fully saturated rings. The van der Waals surface area contributed by atoms with Crippen LogP contribution in [0.1, 0.15) is 23.6 Å². The van der Waals surface area contributed by atoms with E-state index in [4.69, 9.17) is 0 Å². The van der Waals surface area contributed by atoms with Crippen LogP contribution >= 0.6 is 0 Å². The Balaban J connectivity index is 1.62. The van der Waals surface area contributed by atoms with Gasteiger partial charge in [-0.3, -0.25) is 9.59 Å². The van der Waals surface area contributed by atoms with E-state index < -0.39 is 11.8 Å². The van der Waals surface area contributed by atoms with Crippen molar-refractivity contribution in [1.82, 2.24) is 9.99 Å². The first-order valence-electron chi connectivity index (χ1n) is 8.90. The van der Waals surface area contributed by atoms with E-state index in [1.165, 1.54) is 0 Å². The molecule has 6 heteroatoms. The van der Waals surface area contributed by atoms with Gasteiger partial charge in [0.1, 0.15) is 0 Å². The van der Waals surface area contributed by atoms with E-state index in [0.29, 0.717) is 11.4 Å². The van der Waals surface area contributed by atoms with Crippen LogP contribution in [0.15, 0.2) is 72.1 Å². The Hall–Kier alpha value is -3.67. The van der Waals surface area contributed by atoms with Crippen LogP contribution < -0.4 is 10.7 Å². The summed E-state index contributed by atoms with van der Waals surface area (Å²) in [6.45, 7) is 5.61. The molecule has 142 valence electrons. The van der Waals surface area contributed by atoms with Crippen molar-refractivity contribution < 1.29 is 9.59 Å². The summed E-state index contributed by atoms with van der Waals surface area (Å²) >= 11 is 0. The van der Waals surface area contributed by atoms with Gasteiger partial charge in [0.15, 0.2) is 0 Å². The number of carbonyl (C=O) groups excluding carboxylic acids is 2. The zero-order valence-corrected chi connectivity index (χ0v) is 16.1. The quantitative estimate of drug-likeness (QED) is 0.416. The summed E-state index contributed by atoms with van der Waals surface area (Å²) in [5.74, 6) is -1.57. The van der Waals surface area contributed by atoms with Crippen molar-refractivity contribution in [1.29, 1.82) is 0 Å². The third kappa shape index (κ3) is 4.54. The minimum Gasteiger partial charge on any atom is -0.324 e. The molecule has 0 saturated heterocycles. The van der Waals surface area contributed by atoms with Crippen LogP contribution in [0.3, 0.4) is 0 Å². The van der Waals surface area contributed by atoms with Gasteiger partial charge in [-0.2, -0.15) is 5.10 Å².